The van der Waals surface area contributed by atoms with E-state index >= 15 is 0 Å². The summed E-state index contributed by atoms with van der Waals surface area (Å²) >= 11 is 0. The van der Waals surface area contributed by atoms with E-state index in [1.54, 1.807) is 0 Å². The SMILES string of the molecule is N#CC1(c2ccc(F)cc2F)CCCCCC1. The van der Waals surface area contributed by atoms with Gasteiger partial charge in [-0.3, -0.25) is 0 Å². The molecule has 0 N–H and O–H groups in total. The lowest BCUT2D eigenvalue weighted by Crippen LogP contribution is -2.24. The van der Waals surface area contributed by atoms with E-state index in [0.29, 0.717) is 18.4 Å². The molecular formula is C14H15F2N. The van der Waals surface area contributed by atoms with Crippen molar-refractivity contribution in [3.63, 3.8) is 0 Å². The van der Waals surface area contributed by atoms with E-state index in [1.165, 1.54) is 12.1 Å². The Kier molecular flexibility index (Phi) is 3.42. The number of halogens is 2. The number of hydrogen-bond donors (Lipinski definition) is 0. The van der Waals surface area contributed by atoms with E-state index < -0.39 is 17.0 Å². The van der Waals surface area contributed by atoms with Gasteiger partial charge in [-0.2, -0.15) is 5.26 Å². The minimum atomic E-state index is -0.756. The van der Waals surface area contributed by atoms with E-state index in [-0.39, 0.29) is 0 Å². The van der Waals surface area contributed by atoms with Crippen LogP contribution in [-0.2, 0) is 5.41 Å². The van der Waals surface area contributed by atoms with Gasteiger partial charge < -0.3 is 0 Å². The molecule has 1 aromatic rings. The van der Waals surface area contributed by atoms with Crippen LogP contribution in [0.25, 0.3) is 0 Å². The van der Waals surface area contributed by atoms with Crippen LogP contribution in [0.5, 0.6) is 0 Å². The molecule has 1 aliphatic rings. The van der Waals surface area contributed by atoms with Crippen molar-refractivity contribution < 1.29 is 8.78 Å². The Balaban J connectivity index is 2.43. The zero-order chi connectivity index (χ0) is 12.3. The molecule has 90 valence electrons. The van der Waals surface area contributed by atoms with Crippen LogP contribution in [0, 0.1) is 23.0 Å². The van der Waals surface area contributed by atoms with Crippen molar-refractivity contribution in [2.75, 3.05) is 0 Å². The summed E-state index contributed by atoms with van der Waals surface area (Å²) in [7, 11) is 0. The number of hydrogen-bond acceptors (Lipinski definition) is 1. The molecule has 2 rings (SSSR count). The monoisotopic (exact) mass is 235 g/mol. The molecule has 17 heavy (non-hydrogen) atoms. The quantitative estimate of drug-likeness (QED) is 0.673. The molecule has 1 nitrogen and oxygen atoms in total. The Labute approximate surface area is 100 Å². The standard InChI is InChI=1S/C14H15F2N/c15-11-5-6-12(13(16)9-11)14(10-17)7-3-1-2-4-8-14/h5-6,9H,1-4,7-8H2. The fraction of sp³-hybridized carbons (Fsp3) is 0.500. The maximum Gasteiger partial charge on any atom is 0.130 e. The van der Waals surface area contributed by atoms with Gasteiger partial charge in [0.25, 0.3) is 0 Å². The molecule has 0 atom stereocenters. The topological polar surface area (TPSA) is 23.8 Å². The highest BCUT2D eigenvalue weighted by Gasteiger charge is 2.35. The lowest BCUT2D eigenvalue weighted by Gasteiger charge is -2.25. The van der Waals surface area contributed by atoms with E-state index in [1.807, 2.05) is 0 Å². The molecular weight excluding hydrogens is 220 g/mol. The van der Waals surface area contributed by atoms with Crippen LogP contribution in [0.1, 0.15) is 44.1 Å². The minimum Gasteiger partial charge on any atom is -0.207 e. The summed E-state index contributed by atoms with van der Waals surface area (Å²) in [5.41, 5.74) is -0.392. The predicted molar refractivity (Wildman–Crippen MR) is 61.4 cm³/mol. The van der Waals surface area contributed by atoms with E-state index in [4.69, 9.17) is 0 Å². The third-order valence-electron chi connectivity index (χ3n) is 3.62. The molecule has 0 spiro atoms. The second-order valence-electron chi connectivity index (χ2n) is 4.73. The molecule has 0 aliphatic heterocycles. The highest BCUT2D eigenvalue weighted by molar-refractivity contribution is 5.34. The zero-order valence-electron chi connectivity index (χ0n) is 9.68. The summed E-state index contributed by atoms with van der Waals surface area (Å²) in [5, 5.41) is 9.40. The molecule has 0 heterocycles. The largest absolute Gasteiger partial charge is 0.207 e. The van der Waals surface area contributed by atoms with Crippen LogP contribution in [0.15, 0.2) is 18.2 Å². The van der Waals surface area contributed by atoms with Gasteiger partial charge in [-0.25, -0.2) is 8.78 Å². The molecule has 1 aromatic carbocycles. The van der Waals surface area contributed by atoms with Crippen LogP contribution in [0.3, 0.4) is 0 Å². The van der Waals surface area contributed by atoms with Crippen molar-refractivity contribution >= 4 is 0 Å². The summed E-state index contributed by atoms with van der Waals surface area (Å²) < 4.78 is 26.7. The molecule has 1 saturated carbocycles. The van der Waals surface area contributed by atoms with Crippen LogP contribution in [-0.4, -0.2) is 0 Å². The van der Waals surface area contributed by atoms with Gasteiger partial charge in [-0.1, -0.05) is 31.7 Å². The Bertz CT molecular complexity index is 440. The van der Waals surface area contributed by atoms with Crippen LogP contribution < -0.4 is 0 Å². The van der Waals surface area contributed by atoms with Crippen molar-refractivity contribution in [3.8, 4) is 6.07 Å². The fourth-order valence-corrected chi connectivity index (χ4v) is 2.65. The Morgan fingerprint density at radius 3 is 2.24 bits per heavy atom. The van der Waals surface area contributed by atoms with Gasteiger partial charge in [0.2, 0.25) is 0 Å². The van der Waals surface area contributed by atoms with Gasteiger partial charge in [0.1, 0.15) is 11.6 Å². The number of rotatable bonds is 1. The first-order chi connectivity index (χ1) is 8.18. The van der Waals surface area contributed by atoms with Gasteiger partial charge >= 0.3 is 0 Å². The lowest BCUT2D eigenvalue weighted by atomic mass is 9.75. The average Bonchev–Trinajstić information content (AvgIpc) is 2.55. The summed E-state index contributed by atoms with van der Waals surface area (Å²) in [6.07, 6.45) is 5.39. The Morgan fingerprint density at radius 1 is 1.06 bits per heavy atom. The van der Waals surface area contributed by atoms with Crippen molar-refractivity contribution in [3.05, 3.63) is 35.4 Å². The van der Waals surface area contributed by atoms with E-state index in [9.17, 15) is 14.0 Å². The van der Waals surface area contributed by atoms with Crippen molar-refractivity contribution in [2.24, 2.45) is 0 Å². The molecule has 1 aliphatic carbocycles. The molecule has 3 heteroatoms. The maximum absolute atomic E-state index is 13.8. The molecule has 0 bridgehead atoms. The van der Waals surface area contributed by atoms with Gasteiger partial charge in [-0.05, 0) is 18.9 Å². The van der Waals surface area contributed by atoms with Gasteiger partial charge in [0.05, 0.1) is 11.5 Å². The summed E-state index contributed by atoms with van der Waals surface area (Å²) in [6, 6.07) is 5.81. The predicted octanol–water partition coefficient (Wildman–Crippen LogP) is 4.08. The third-order valence-corrected chi connectivity index (χ3v) is 3.62. The zero-order valence-corrected chi connectivity index (χ0v) is 9.68. The van der Waals surface area contributed by atoms with Crippen molar-refractivity contribution in [1.29, 1.82) is 5.26 Å². The van der Waals surface area contributed by atoms with Crippen LogP contribution in [0.2, 0.25) is 0 Å². The van der Waals surface area contributed by atoms with Gasteiger partial charge in [0.15, 0.2) is 0 Å². The second kappa shape index (κ2) is 4.83. The molecule has 0 radical (unpaired) electrons. The molecule has 0 saturated heterocycles. The fourth-order valence-electron chi connectivity index (χ4n) is 2.65. The molecule has 1 fully saturated rings. The Hall–Kier alpha value is -1.43. The molecule has 0 amide bonds. The number of nitrogens with zero attached hydrogens (tertiary/aromatic N) is 1. The highest BCUT2D eigenvalue weighted by atomic mass is 19.1. The summed E-state index contributed by atoms with van der Waals surface area (Å²) in [4.78, 5) is 0. The van der Waals surface area contributed by atoms with Gasteiger partial charge in [0, 0.05) is 11.6 Å². The first-order valence-electron chi connectivity index (χ1n) is 6.05. The highest BCUT2D eigenvalue weighted by Crippen LogP contribution is 2.39. The van der Waals surface area contributed by atoms with Gasteiger partial charge in [-0.15, -0.1) is 0 Å². The van der Waals surface area contributed by atoms with Crippen molar-refractivity contribution in [2.45, 2.75) is 43.9 Å². The number of nitriles is 1. The smallest absolute Gasteiger partial charge is 0.130 e. The first kappa shape index (κ1) is 12.0. The molecule has 0 unspecified atom stereocenters. The van der Waals surface area contributed by atoms with Crippen LogP contribution in [0.4, 0.5) is 8.78 Å². The third kappa shape index (κ3) is 2.31. The Morgan fingerprint density at radius 2 is 1.71 bits per heavy atom. The minimum absolute atomic E-state index is 0.364. The second-order valence-corrected chi connectivity index (χ2v) is 4.73. The van der Waals surface area contributed by atoms with E-state index in [2.05, 4.69) is 6.07 Å². The molecule has 0 aromatic heterocycles. The summed E-state index contributed by atoms with van der Waals surface area (Å²) in [6.45, 7) is 0. The summed E-state index contributed by atoms with van der Waals surface area (Å²) in [5.74, 6) is -1.18. The average molecular weight is 235 g/mol. The normalized spacial score (nSPS) is 19.4. The lowest BCUT2D eigenvalue weighted by molar-refractivity contribution is 0.444. The maximum atomic E-state index is 13.8. The van der Waals surface area contributed by atoms with Crippen LogP contribution >= 0.6 is 0 Å². The number of benzene rings is 1. The van der Waals surface area contributed by atoms with E-state index in [0.717, 1.165) is 31.7 Å². The van der Waals surface area contributed by atoms with Crippen molar-refractivity contribution in [1.82, 2.24) is 0 Å². The first-order valence-corrected chi connectivity index (χ1v) is 6.05.